The predicted molar refractivity (Wildman–Crippen MR) is 78.5 cm³/mol. The van der Waals surface area contributed by atoms with Gasteiger partial charge in [-0.25, -0.2) is 9.37 Å². The molecule has 1 aromatic carbocycles. The lowest BCUT2D eigenvalue weighted by Gasteiger charge is -2.13. The third kappa shape index (κ3) is 1.97. The third-order valence-corrected chi connectivity index (χ3v) is 4.18. The van der Waals surface area contributed by atoms with Gasteiger partial charge in [0.05, 0.1) is 4.47 Å². The summed E-state index contributed by atoms with van der Waals surface area (Å²) in [4.78, 5) is 4.32. The van der Waals surface area contributed by atoms with Crippen molar-refractivity contribution in [3.63, 3.8) is 0 Å². The Labute approximate surface area is 124 Å². The van der Waals surface area contributed by atoms with Gasteiger partial charge in [0.25, 0.3) is 0 Å². The van der Waals surface area contributed by atoms with Gasteiger partial charge in [0.2, 0.25) is 0 Å². The molecule has 1 aliphatic rings. The largest absolute Gasteiger partial charge is 0.383 e. The zero-order valence-electron chi connectivity index (χ0n) is 10.6. The Morgan fingerprint density at radius 1 is 1.35 bits per heavy atom. The fraction of sp³-hybridized carbons (Fsp3) is 0.200. The Morgan fingerprint density at radius 3 is 2.85 bits per heavy atom. The van der Waals surface area contributed by atoms with Gasteiger partial charge in [0.1, 0.15) is 23.3 Å². The number of nitrogen functional groups attached to an aromatic ring is 1. The first kappa shape index (κ1) is 13.1. The van der Waals surface area contributed by atoms with Crippen LogP contribution in [0.1, 0.15) is 23.2 Å². The molecular weight excluding hydrogens is 321 g/mol. The van der Waals surface area contributed by atoms with Crippen molar-refractivity contribution in [3.8, 4) is 17.2 Å². The summed E-state index contributed by atoms with van der Waals surface area (Å²) in [6.45, 7) is 0. The third-order valence-electron chi connectivity index (χ3n) is 3.57. The SMILES string of the molecule is N#Cc1c(N)nc2c(c1-c1ccc(F)c(Br)c1)CCC2. The van der Waals surface area contributed by atoms with Gasteiger partial charge in [0, 0.05) is 11.3 Å². The molecule has 0 atom stereocenters. The van der Waals surface area contributed by atoms with Crippen molar-refractivity contribution >= 4 is 21.7 Å². The number of nitriles is 1. The van der Waals surface area contributed by atoms with Gasteiger partial charge in [-0.15, -0.1) is 0 Å². The molecule has 0 spiro atoms. The maximum atomic E-state index is 13.4. The Hall–Kier alpha value is -1.93. The van der Waals surface area contributed by atoms with E-state index in [2.05, 4.69) is 27.0 Å². The first-order valence-electron chi connectivity index (χ1n) is 6.28. The smallest absolute Gasteiger partial charge is 0.142 e. The van der Waals surface area contributed by atoms with Crippen LogP contribution in [0.4, 0.5) is 10.2 Å². The summed E-state index contributed by atoms with van der Waals surface area (Å²) in [6, 6.07) is 6.88. The number of halogens is 2. The second kappa shape index (κ2) is 4.88. The maximum absolute atomic E-state index is 13.4. The number of benzene rings is 1. The van der Waals surface area contributed by atoms with Crippen molar-refractivity contribution < 1.29 is 4.39 Å². The minimum atomic E-state index is -0.328. The van der Waals surface area contributed by atoms with Gasteiger partial charge >= 0.3 is 0 Å². The summed E-state index contributed by atoms with van der Waals surface area (Å²) in [7, 11) is 0. The van der Waals surface area contributed by atoms with Crippen LogP contribution in [0.25, 0.3) is 11.1 Å². The van der Waals surface area contributed by atoms with E-state index in [1.54, 1.807) is 12.1 Å². The van der Waals surface area contributed by atoms with Crippen molar-refractivity contribution in [2.75, 3.05) is 5.73 Å². The number of aromatic nitrogens is 1. The van der Waals surface area contributed by atoms with Crippen molar-refractivity contribution in [2.45, 2.75) is 19.3 Å². The summed E-state index contributed by atoms with van der Waals surface area (Å²) >= 11 is 3.18. The predicted octanol–water partition coefficient (Wildman–Crippen LogP) is 3.59. The van der Waals surface area contributed by atoms with Crippen LogP contribution >= 0.6 is 15.9 Å². The number of fused-ring (bicyclic) bond motifs is 1. The summed E-state index contributed by atoms with van der Waals surface area (Å²) in [5.74, 6) is -0.0745. The van der Waals surface area contributed by atoms with Crippen LogP contribution in [0, 0.1) is 17.1 Å². The molecule has 1 aliphatic carbocycles. The first-order valence-corrected chi connectivity index (χ1v) is 7.08. The van der Waals surface area contributed by atoms with Crippen molar-refractivity contribution in [2.24, 2.45) is 0 Å². The normalized spacial score (nSPS) is 13.1. The molecule has 1 heterocycles. The molecular formula is C15H11BrFN3. The van der Waals surface area contributed by atoms with Crippen LogP contribution in [0.2, 0.25) is 0 Å². The molecule has 3 rings (SSSR count). The van der Waals surface area contributed by atoms with Gasteiger partial charge in [-0.3, -0.25) is 0 Å². The van der Waals surface area contributed by atoms with Crippen LogP contribution in [0.3, 0.4) is 0 Å². The molecule has 20 heavy (non-hydrogen) atoms. The average Bonchev–Trinajstić information content (AvgIpc) is 2.88. The van der Waals surface area contributed by atoms with Gasteiger partial charge in [-0.2, -0.15) is 5.26 Å². The Bertz CT molecular complexity index is 749. The molecule has 0 saturated carbocycles. The van der Waals surface area contributed by atoms with Crippen LogP contribution < -0.4 is 5.73 Å². The highest BCUT2D eigenvalue weighted by atomic mass is 79.9. The Balaban J connectivity index is 2.32. The van der Waals surface area contributed by atoms with Crippen LogP contribution in [0.5, 0.6) is 0 Å². The van der Waals surface area contributed by atoms with E-state index in [0.717, 1.165) is 41.6 Å². The molecule has 0 aliphatic heterocycles. The second-order valence-corrected chi connectivity index (χ2v) is 5.62. The number of pyridine rings is 1. The molecule has 0 unspecified atom stereocenters. The first-order chi connectivity index (χ1) is 9.61. The van der Waals surface area contributed by atoms with E-state index in [0.29, 0.717) is 10.0 Å². The molecule has 0 fully saturated rings. The summed E-state index contributed by atoms with van der Waals surface area (Å²) in [5, 5.41) is 9.36. The zero-order valence-corrected chi connectivity index (χ0v) is 12.2. The minimum absolute atomic E-state index is 0.253. The number of rotatable bonds is 1. The van der Waals surface area contributed by atoms with Crippen molar-refractivity contribution in [3.05, 3.63) is 45.3 Å². The second-order valence-electron chi connectivity index (χ2n) is 4.77. The highest BCUT2D eigenvalue weighted by Crippen LogP contribution is 2.37. The molecule has 0 radical (unpaired) electrons. The number of aryl methyl sites for hydroxylation is 1. The van der Waals surface area contributed by atoms with Gasteiger partial charge in [0.15, 0.2) is 0 Å². The van der Waals surface area contributed by atoms with E-state index < -0.39 is 0 Å². The lowest BCUT2D eigenvalue weighted by atomic mass is 9.95. The molecule has 3 nitrogen and oxygen atoms in total. The van der Waals surface area contributed by atoms with E-state index in [-0.39, 0.29) is 11.6 Å². The van der Waals surface area contributed by atoms with E-state index in [4.69, 9.17) is 5.73 Å². The molecule has 0 amide bonds. The molecule has 1 aromatic heterocycles. The van der Waals surface area contributed by atoms with Crippen LogP contribution in [0.15, 0.2) is 22.7 Å². The average molecular weight is 332 g/mol. The van der Waals surface area contributed by atoms with E-state index in [9.17, 15) is 9.65 Å². The molecule has 2 N–H and O–H groups in total. The fourth-order valence-electron chi connectivity index (χ4n) is 2.68. The zero-order chi connectivity index (χ0) is 14.3. The maximum Gasteiger partial charge on any atom is 0.142 e. The molecule has 5 heteroatoms. The quantitative estimate of drug-likeness (QED) is 0.868. The van der Waals surface area contributed by atoms with Crippen LogP contribution in [-0.2, 0) is 12.8 Å². The summed E-state index contributed by atoms with van der Waals surface area (Å²) < 4.78 is 13.8. The molecule has 2 aromatic rings. The van der Waals surface area contributed by atoms with Crippen LogP contribution in [-0.4, -0.2) is 4.98 Å². The van der Waals surface area contributed by atoms with Crippen molar-refractivity contribution in [1.29, 1.82) is 5.26 Å². The van der Waals surface area contributed by atoms with E-state index >= 15 is 0 Å². The Morgan fingerprint density at radius 2 is 2.15 bits per heavy atom. The molecule has 0 saturated heterocycles. The van der Waals surface area contributed by atoms with Gasteiger partial charge in [-0.05, 0) is 58.5 Å². The minimum Gasteiger partial charge on any atom is -0.383 e. The standard InChI is InChI=1S/C15H11BrFN3/c16-11-6-8(4-5-12(11)17)14-9-2-1-3-13(9)20-15(19)10(14)7-18/h4-6H,1-3H2,(H2,19,20). The summed E-state index contributed by atoms with van der Waals surface area (Å²) in [6.07, 6.45) is 2.76. The Kier molecular flexibility index (Phi) is 3.19. The summed E-state index contributed by atoms with van der Waals surface area (Å²) in [5.41, 5.74) is 9.88. The monoisotopic (exact) mass is 331 g/mol. The molecule has 100 valence electrons. The number of hydrogen-bond acceptors (Lipinski definition) is 3. The number of anilines is 1. The number of hydrogen-bond donors (Lipinski definition) is 1. The highest BCUT2D eigenvalue weighted by Gasteiger charge is 2.23. The highest BCUT2D eigenvalue weighted by molar-refractivity contribution is 9.10. The lowest BCUT2D eigenvalue weighted by molar-refractivity contribution is 0.621. The number of nitrogens with two attached hydrogens (primary N) is 1. The van der Waals surface area contributed by atoms with E-state index in [1.165, 1.54) is 6.07 Å². The van der Waals surface area contributed by atoms with E-state index in [1.807, 2.05) is 0 Å². The van der Waals surface area contributed by atoms with Crippen molar-refractivity contribution in [1.82, 2.24) is 4.98 Å². The topological polar surface area (TPSA) is 62.7 Å². The van der Waals surface area contributed by atoms with Gasteiger partial charge in [-0.1, -0.05) is 6.07 Å². The lowest BCUT2D eigenvalue weighted by Crippen LogP contribution is -2.03. The van der Waals surface area contributed by atoms with Gasteiger partial charge < -0.3 is 5.73 Å². The number of nitrogens with zero attached hydrogens (tertiary/aromatic N) is 2. The fourth-order valence-corrected chi connectivity index (χ4v) is 3.06. The molecule has 0 bridgehead atoms.